The summed E-state index contributed by atoms with van der Waals surface area (Å²) in [6.45, 7) is 2.70. The van der Waals surface area contributed by atoms with Crippen molar-refractivity contribution in [3.63, 3.8) is 0 Å². The van der Waals surface area contributed by atoms with Crippen LogP contribution in [0.15, 0.2) is 53.6 Å². The number of amides is 1. The minimum absolute atomic E-state index is 0.182. The molecule has 0 atom stereocenters. The van der Waals surface area contributed by atoms with E-state index in [0.29, 0.717) is 12.3 Å². The van der Waals surface area contributed by atoms with Crippen LogP contribution in [0.25, 0.3) is 0 Å². The fourth-order valence-corrected chi connectivity index (χ4v) is 1.96. The Labute approximate surface area is 136 Å². The average molecular weight is 311 g/mol. The summed E-state index contributed by atoms with van der Waals surface area (Å²) in [7, 11) is 0. The van der Waals surface area contributed by atoms with Gasteiger partial charge in [-0.3, -0.25) is 4.79 Å². The van der Waals surface area contributed by atoms with Crippen molar-refractivity contribution < 1.29 is 9.53 Å². The second kappa shape index (κ2) is 8.58. The maximum atomic E-state index is 11.9. The van der Waals surface area contributed by atoms with Crippen LogP contribution in [-0.4, -0.2) is 18.7 Å². The Morgan fingerprint density at radius 2 is 1.96 bits per heavy atom. The molecule has 5 nitrogen and oxygen atoms in total. The molecule has 0 saturated carbocycles. The zero-order valence-corrected chi connectivity index (χ0v) is 13.2. The largest absolute Gasteiger partial charge is 0.493 e. The van der Waals surface area contributed by atoms with E-state index in [2.05, 4.69) is 10.5 Å². The lowest BCUT2D eigenvalue weighted by molar-refractivity contribution is -0.120. The van der Waals surface area contributed by atoms with E-state index in [0.717, 1.165) is 23.3 Å². The predicted molar refractivity (Wildman–Crippen MR) is 92.5 cm³/mol. The molecule has 2 aromatic rings. The van der Waals surface area contributed by atoms with Crippen molar-refractivity contribution in [3.05, 3.63) is 59.7 Å². The number of benzene rings is 2. The molecule has 2 aromatic carbocycles. The number of carbonyl (C=O) groups excluding carboxylic acids is 1. The molecular formula is C18H21N3O2. The molecule has 2 rings (SSSR count). The summed E-state index contributed by atoms with van der Waals surface area (Å²) >= 11 is 0. The number of ether oxygens (including phenoxy) is 1. The molecular weight excluding hydrogens is 290 g/mol. The number of nitrogens with one attached hydrogen (secondary N) is 1. The normalized spacial score (nSPS) is 10.7. The fraction of sp³-hybridized carbons (Fsp3) is 0.222. The molecule has 0 aliphatic heterocycles. The van der Waals surface area contributed by atoms with E-state index in [1.165, 1.54) is 0 Å². The zero-order chi connectivity index (χ0) is 16.5. The number of hydrogen-bond acceptors (Lipinski definition) is 4. The maximum Gasteiger partial charge on any atom is 0.244 e. The van der Waals surface area contributed by atoms with Crippen LogP contribution < -0.4 is 15.9 Å². The lowest BCUT2D eigenvalue weighted by Crippen LogP contribution is -2.19. The third-order valence-electron chi connectivity index (χ3n) is 3.12. The van der Waals surface area contributed by atoms with Crippen molar-refractivity contribution in [1.29, 1.82) is 0 Å². The van der Waals surface area contributed by atoms with Crippen molar-refractivity contribution in [2.24, 2.45) is 5.10 Å². The molecule has 0 fully saturated rings. The highest BCUT2D eigenvalue weighted by atomic mass is 16.5. The molecule has 0 radical (unpaired) electrons. The third-order valence-corrected chi connectivity index (χ3v) is 3.12. The number of para-hydroxylation sites is 1. The molecule has 0 unspecified atom stereocenters. The molecule has 1 amide bonds. The van der Waals surface area contributed by atoms with Crippen molar-refractivity contribution in [3.8, 4) is 5.75 Å². The first kappa shape index (κ1) is 16.5. The first-order valence-corrected chi connectivity index (χ1v) is 7.57. The highest BCUT2D eigenvalue weighted by Crippen LogP contribution is 2.15. The van der Waals surface area contributed by atoms with Gasteiger partial charge in [0.25, 0.3) is 0 Å². The van der Waals surface area contributed by atoms with Crippen LogP contribution in [0.2, 0.25) is 0 Å². The van der Waals surface area contributed by atoms with E-state index in [9.17, 15) is 4.79 Å². The van der Waals surface area contributed by atoms with Crippen molar-refractivity contribution >= 4 is 17.8 Å². The van der Waals surface area contributed by atoms with Crippen LogP contribution in [0, 0.1) is 0 Å². The number of hydrazone groups is 1. The molecule has 23 heavy (non-hydrogen) atoms. The Bertz CT molecular complexity index is 666. The number of carbonyl (C=O) groups is 1. The molecule has 5 heteroatoms. The van der Waals surface area contributed by atoms with Crippen LogP contribution in [0.1, 0.15) is 24.5 Å². The average Bonchev–Trinajstić information content (AvgIpc) is 2.56. The van der Waals surface area contributed by atoms with Crippen LogP contribution in [0.4, 0.5) is 5.69 Å². The topological polar surface area (TPSA) is 76.7 Å². The van der Waals surface area contributed by atoms with Crippen molar-refractivity contribution in [2.45, 2.75) is 19.8 Å². The molecule has 0 heterocycles. The first-order valence-electron chi connectivity index (χ1n) is 7.57. The SMILES string of the molecule is CCCOc1ccccc1/C=N\NC(=O)Cc1ccc(N)cc1. The van der Waals surface area contributed by atoms with Crippen molar-refractivity contribution in [1.82, 2.24) is 5.43 Å². The minimum Gasteiger partial charge on any atom is -0.493 e. The molecule has 0 saturated heterocycles. The summed E-state index contributed by atoms with van der Waals surface area (Å²) in [5.41, 5.74) is 10.5. The highest BCUT2D eigenvalue weighted by Gasteiger charge is 2.03. The van der Waals surface area contributed by atoms with Gasteiger partial charge in [0.1, 0.15) is 5.75 Å². The van der Waals surface area contributed by atoms with E-state index in [1.807, 2.05) is 43.3 Å². The summed E-state index contributed by atoms with van der Waals surface area (Å²) in [6, 6.07) is 14.8. The standard InChI is InChI=1S/C18H21N3O2/c1-2-11-23-17-6-4-3-5-15(17)13-20-21-18(22)12-14-7-9-16(19)10-8-14/h3-10,13H,2,11-12,19H2,1H3,(H,21,22)/b20-13-. The molecule has 0 aromatic heterocycles. The highest BCUT2D eigenvalue weighted by molar-refractivity contribution is 5.85. The molecule has 120 valence electrons. The van der Waals surface area contributed by atoms with Gasteiger partial charge in [-0.1, -0.05) is 31.2 Å². The van der Waals surface area contributed by atoms with Crippen LogP contribution >= 0.6 is 0 Å². The molecule has 3 N–H and O–H groups in total. The van der Waals surface area contributed by atoms with Gasteiger partial charge in [0.2, 0.25) is 5.91 Å². The molecule has 0 aliphatic carbocycles. The number of rotatable bonds is 7. The smallest absolute Gasteiger partial charge is 0.244 e. The quantitative estimate of drug-likeness (QED) is 0.469. The van der Waals surface area contributed by atoms with Crippen LogP contribution in [0.3, 0.4) is 0 Å². The second-order valence-electron chi connectivity index (χ2n) is 5.10. The van der Waals surface area contributed by atoms with Gasteiger partial charge < -0.3 is 10.5 Å². The van der Waals surface area contributed by atoms with Gasteiger partial charge in [0.15, 0.2) is 0 Å². The van der Waals surface area contributed by atoms with Gasteiger partial charge in [-0.15, -0.1) is 0 Å². The first-order chi connectivity index (χ1) is 11.2. The molecule has 0 aliphatic rings. The zero-order valence-electron chi connectivity index (χ0n) is 13.2. The Morgan fingerprint density at radius 3 is 2.70 bits per heavy atom. The Morgan fingerprint density at radius 1 is 1.22 bits per heavy atom. The monoisotopic (exact) mass is 311 g/mol. The second-order valence-corrected chi connectivity index (χ2v) is 5.10. The number of nitrogens with zero attached hydrogens (tertiary/aromatic N) is 1. The van der Waals surface area contributed by atoms with Gasteiger partial charge in [-0.25, -0.2) is 5.43 Å². The summed E-state index contributed by atoms with van der Waals surface area (Å²) in [6.07, 6.45) is 2.78. The van der Waals surface area contributed by atoms with Gasteiger partial charge >= 0.3 is 0 Å². The third kappa shape index (κ3) is 5.47. The van der Waals surface area contributed by atoms with Gasteiger partial charge in [0, 0.05) is 11.3 Å². The lowest BCUT2D eigenvalue weighted by Gasteiger charge is -2.07. The summed E-state index contributed by atoms with van der Waals surface area (Å²) in [5.74, 6) is 0.573. The number of anilines is 1. The van der Waals surface area contributed by atoms with Gasteiger partial charge in [-0.05, 0) is 36.2 Å². The van der Waals surface area contributed by atoms with E-state index in [-0.39, 0.29) is 12.3 Å². The molecule has 0 bridgehead atoms. The van der Waals surface area contributed by atoms with Gasteiger partial charge in [-0.2, -0.15) is 5.10 Å². The summed E-state index contributed by atoms with van der Waals surface area (Å²) in [5, 5.41) is 3.99. The lowest BCUT2D eigenvalue weighted by atomic mass is 10.1. The van der Waals surface area contributed by atoms with Crippen LogP contribution in [-0.2, 0) is 11.2 Å². The Kier molecular flexibility index (Phi) is 6.17. The minimum atomic E-state index is -0.182. The van der Waals surface area contributed by atoms with E-state index < -0.39 is 0 Å². The summed E-state index contributed by atoms with van der Waals surface area (Å²) < 4.78 is 5.63. The Hall–Kier alpha value is -2.82. The number of nitrogens with two attached hydrogens (primary N) is 1. The number of nitrogen functional groups attached to an aromatic ring is 1. The van der Waals surface area contributed by atoms with Crippen molar-refractivity contribution in [2.75, 3.05) is 12.3 Å². The number of hydrogen-bond donors (Lipinski definition) is 2. The van der Waals surface area contributed by atoms with E-state index in [1.54, 1.807) is 18.3 Å². The predicted octanol–water partition coefficient (Wildman–Crippen LogP) is 2.75. The van der Waals surface area contributed by atoms with E-state index >= 15 is 0 Å². The van der Waals surface area contributed by atoms with E-state index in [4.69, 9.17) is 10.5 Å². The summed E-state index contributed by atoms with van der Waals surface area (Å²) in [4.78, 5) is 11.9. The van der Waals surface area contributed by atoms with Gasteiger partial charge in [0.05, 0.1) is 19.2 Å². The maximum absolute atomic E-state index is 11.9. The fourth-order valence-electron chi connectivity index (χ4n) is 1.96. The van der Waals surface area contributed by atoms with Crippen LogP contribution in [0.5, 0.6) is 5.75 Å². The Balaban J connectivity index is 1.91. The molecule has 0 spiro atoms.